The average molecular weight is 535 g/mol. The second-order valence-corrected chi connectivity index (χ2v) is 9.25. The van der Waals surface area contributed by atoms with E-state index in [-0.39, 0.29) is 23.0 Å². The minimum atomic E-state index is -0.934. The summed E-state index contributed by atoms with van der Waals surface area (Å²) < 4.78 is 0. The number of benzene rings is 2. The first-order chi connectivity index (χ1) is 18.5. The minimum absolute atomic E-state index is 0.0962. The number of aromatic carboxylic acids is 1. The van der Waals surface area contributed by atoms with E-state index >= 15 is 0 Å². The van der Waals surface area contributed by atoms with Gasteiger partial charge in [-0.1, -0.05) is 0 Å². The highest BCUT2D eigenvalue weighted by atomic mass is 16.4. The van der Waals surface area contributed by atoms with Crippen molar-refractivity contribution in [3.8, 4) is 0 Å². The summed E-state index contributed by atoms with van der Waals surface area (Å²) in [6.45, 7) is 7.47. The molecule has 0 aliphatic heterocycles. The van der Waals surface area contributed by atoms with Gasteiger partial charge in [-0.15, -0.1) is 0 Å². The Balaban J connectivity index is 0.000000258. The van der Waals surface area contributed by atoms with E-state index in [0.29, 0.717) is 18.4 Å². The quantitative estimate of drug-likeness (QED) is 0.357. The van der Waals surface area contributed by atoms with Crippen LogP contribution in [-0.4, -0.2) is 42.6 Å². The van der Waals surface area contributed by atoms with Gasteiger partial charge in [0.1, 0.15) is 0 Å². The number of nitrogens with one attached hydrogen (secondary N) is 3. The largest absolute Gasteiger partial charge is 0.478 e. The molecule has 2 aromatic rings. The van der Waals surface area contributed by atoms with Gasteiger partial charge in [0.25, 0.3) is 5.91 Å². The Morgan fingerprint density at radius 3 is 1.46 bits per heavy atom. The first-order valence-electron chi connectivity index (χ1n) is 12.8. The highest BCUT2D eigenvalue weighted by Crippen LogP contribution is 2.27. The van der Waals surface area contributed by atoms with Gasteiger partial charge in [-0.25, -0.2) is 4.79 Å². The molecule has 0 bridgehead atoms. The molecule has 0 unspecified atom stereocenters. The molecule has 1 amide bonds. The fourth-order valence-electron chi connectivity index (χ4n) is 4.23. The molecule has 0 saturated heterocycles. The van der Waals surface area contributed by atoms with Crippen LogP contribution in [0.5, 0.6) is 0 Å². The fraction of sp³-hybridized carbons (Fsp3) is 0.333. The predicted molar refractivity (Wildman–Crippen MR) is 154 cm³/mol. The molecule has 0 heterocycles. The van der Waals surface area contributed by atoms with Crippen molar-refractivity contribution in [2.45, 2.75) is 53.4 Å². The van der Waals surface area contributed by atoms with Crippen LogP contribution in [0.3, 0.4) is 0 Å². The molecule has 39 heavy (non-hydrogen) atoms. The van der Waals surface area contributed by atoms with Crippen molar-refractivity contribution in [1.29, 1.82) is 0 Å². The topological polar surface area (TPSA) is 151 Å². The lowest BCUT2D eigenvalue weighted by atomic mass is 10.1. The predicted octanol–water partition coefficient (Wildman–Crippen LogP) is 4.72. The van der Waals surface area contributed by atoms with Crippen molar-refractivity contribution in [2.24, 2.45) is 5.73 Å². The normalized spacial score (nSPS) is 14.3. The third kappa shape index (κ3) is 7.87. The van der Waals surface area contributed by atoms with Gasteiger partial charge in [-0.2, -0.15) is 0 Å². The molecular formula is C30H38N4O5. The lowest BCUT2D eigenvalue weighted by molar-refractivity contribution is -0.115. The average Bonchev–Trinajstić information content (AvgIpc) is 3.42. The highest BCUT2D eigenvalue weighted by molar-refractivity contribution is 5.99. The minimum Gasteiger partial charge on any atom is -0.478 e. The zero-order chi connectivity index (χ0) is 29.3. The Labute approximate surface area is 229 Å². The van der Waals surface area contributed by atoms with E-state index in [2.05, 4.69) is 21.7 Å². The number of amides is 1. The number of carbonyl (C=O) groups is 4. The number of aryl methyl sites for hydroxylation is 2. The summed E-state index contributed by atoms with van der Waals surface area (Å²) in [5, 5.41) is 18.0. The van der Waals surface area contributed by atoms with Gasteiger partial charge in [-0.05, 0) is 95.1 Å². The molecule has 0 fully saturated rings. The lowest BCUT2D eigenvalue weighted by Gasteiger charge is -2.12. The molecule has 0 saturated carbocycles. The Morgan fingerprint density at radius 2 is 1.13 bits per heavy atom. The van der Waals surface area contributed by atoms with E-state index in [1.807, 2.05) is 39.8 Å². The van der Waals surface area contributed by atoms with Crippen LogP contribution in [0.1, 0.15) is 71.4 Å². The monoisotopic (exact) mass is 534 g/mol. The molecule has 2 aliphatic carbocycles. The molecule has 9 heteroatoms. The zero-order valence-corrected chi connectivity index (χ0v) is 23.5. The van der Waals surface area contributed by atoms with Crippen LogP contribution in [0.2, 0.25) is 0 Å². The number of hydrogen-bond donors (Lipinski definition) is 5. The third-order valence-electron chi connectivity index (χ3n) is 6.71. The smallest absolute Gasteiger partial charge is 0.335 e. The van der Waals surface area contributed by atoms with E-state index in [1.165, 1.54) is 7.05 Å². The summed E-state index contributed by atoms with van der Waals surface area (Å²) in [4.78, 5) is 45.3. The summed E-state index contributed by atoms with van der Waals surface area (Å²) in [5.74, 6) is -0.642. The van der Waals surface area contributed by atoms with Crippen LogP contribution in [0.4, 0.5) is 11.4 Å². The fourth-order valence-corrected chi connectivity index (χ4v) is 4.23. The first kappa shape index (κ1) is 31.0. The van der Waals surface area contributed by atoms with Crippen molar-refractivity contribution in [2.75, 3.05) is 24.7 Å². The first-order valence-corrected chi connectivity index (χ1v) is 12.8. The molecule has 0 aromatic heterocycles. The maximum absolute atomic E-state index is 11.5. The van der Waals surface area contributed by atoms with Crippen LogP contribution >= 0.6 is 0 Å². The maximum atomic E-state index is 11.5. The Bertz CT molecular complexity index is 1340. The van der Waals surface area contributed by atoms with Crippen molar-refractivity contribution >= 4 is 34.8 Å². The Hall–Kier alpha value is -4.24. The van der Waals surface area contributed by atoms with Crippen molar-refractivity contribution in [3.63, 3.8) is 0 Å². The van der Waals surface area contributed by atoms with E-state index in [0.717, 1.165) is 57.9 Å². The molecule has 0 atom stereocenters. The molecular weight excluding hydrogens is 496 g/mol. The van der Waals surface area contributed by atoms with Crippen LogP contribution in [0.25, 0.3) is 0 Å². The van der Waals surface area contributed by atoms with Crippen molar-refractivity contribution in [1.82, 2.24) is 5.32 Å². The van der Waals surface area contributed by atoms with Gasteiger partial charge in [-0.3, -0.25) is 14.4 Å². The molecule has 0 radical (unpaired) electrons. The van der Waals surface area contributed by atoms with E-state index in [4.69, 9.17) is 5.11 Å². The molecule has 9 nitrogen and oxygen atoms in total. The number of allylic oxidation sites excluding steroid dienone is 4. The van der Waals surface area contributed by atoms with Crippen LogP contribution in [0, 0.1) is 13.8 Å². The van der Waals surface area contributed by atoms with Gasteiger partial charge in [0, 0.05) is 59.4 Å². The van der Waals surface area contributed by atoms with E-state index in [9.17, 15) is 19.2 Å². The van der Waals surface area contributed by atoms with Crippen LogP contribution in [0.15, 0.2) is 58.9 Å². The number of nitrogens with two attached hydrogens (primary N) is 1. The summed E-state index contributed by atoms with van der Waals surface area (Å²) in [7, 11) is 3.11. The lowest BCUT2D eigenvalue weighted by Crippen LogP contribution is -2.17. The number of hydrogen-bond acceptors (Lipinski definition) is 7. The van der Waals surface area contributed by atoms with Crippen molar-refractivity contribution < 1.29 is 24.3 Å². The molecule has 2 aliphatic rings. The van der Waals surface area contributed by atoms with Gasteiger partial charge in [0.2, 0.25) is 0 Å². The summed E-state index contributed by atoms with van der Waals surface area (Å²) in [6, 6.07) is 10.4. The molecule has 6 N–H and O–H groups in total. The third-order valence-corrected chi connectivity index (χ3v) is 6.71. The number of rotatable bonds is 6. The Morgan fingerprint density at radius 1 is 0.718 bits per heavy atom. The summed E-state index contributed by atoms with van der Waals surface area (Å²) in [6.07, 6.45) is 2.63. The number of carboxylic acid groups (broad SMARTS) is 1. The van der Waals surface area contributed by atoms with E-state index < -0.39 is 5.97 Å². The number of carbonyl (C=O) groups excluding carboxylic acids is 3. The van der Waals surface area contributed by atoms with Crippen molar-refractivity contribution in [3.05, 3.63) is 81.2 Å². The SMILES string of the molecule is CC1=C(Nc2ccc(C(=O)O)cc2C)CCC1=O.CN.CNC(=O)c1ccc(NC2=C(C)C(=O)CC2)c(C)c1. The molecule has 208 valence electrons. The number of carboxylic acids is 1. The number of ketones is 2. The van der Waals surface area contributed by atoms with Crippen LogP contribution in [-0.2, 0) is 9.59 Å². The summed E-state index contributed by atoms with van der Waals surface area (Å²) in [5.41, 5.74) is 12.6. The maximum Gasteiger partial charge on any atom is 0.335 e. The summed E-state index contributed by atoms with van der Waals surface area (Å²) >= 11 is 0. The molecule has 0 spiro atoms. The molecule has 4 rings (SSSR count). The second kappa shape index (κ2) is 14.1. The highest BCUT2D eigenvalue weighted by Gasteiger charge is 2.20. The van der Waals surface area contributed by atoms with E-state index in [1.54, 1.807) is 31.3 Å². The van der Waals surface area contributed by atoms with Gasteiger partial charge < -0.3 is 26.8 Å². The van der Waals surface area contributed by atoms with Gasteiger partial charge in [0.05, 0.1) is 5.56 Å². The second-order valence-electron chi connectivity index (χ2n) is 9.25. The zero-order valence-electron chi connectivity index (χ0n) is 23.5. The Kier molecular flexibility index (Phi) is 11.2. The van der Waals surface area contributed by atoms with Gasteiger partial charge >= 0.3 is 5.97 Å². The molecule has 2 aromatic carbocycles. The standard InChI is InChI=1S/C15H18N2O2.C14H15NO3.CH5N/c1-9-8-11(15(19)16-3)4-5-12(9)17-13-6-7-14(18)10(13)2;1-8-7-10(14(17)18)3-4-11(8)15-12-5-6-13(16)9(12)2;1-2/h4-5,8,17H,6-7H2,1-3H3,(H,16,19);3-4,7,15H,5-6H2,1-2H3,(H,17,18);2H2,1H3. The number of anilines is 2. The van der Waals surface area contributed by atoms with Crippen LogP contribution < -0.4 is 21.7 Å². The number of Topliss-reactive ketones (excluding diaryl/α,β-unsaturated/α-hetero) is 2. The van der Waals surface area contributed by atoms with Gasteiger partial charge in [0.15, 0.2) is 11.6 Å².